The quantitative estimate of drug-likeness (QED) is 0.733. The molecule has 1 fully saturated rings. The Kier molecular flexibility index (Phi) is 6.68. The number of nitrogens with zero attached hydrogens (tertiary/aromatic N) is 2. The van der Waals surface area contributed by atoms with Gasteiger partial charge in [-0.1, -0.05) is 18.2 Å². The predicted molar refractivity (Wildman–Crippen MR) is 113 cm³/mol. The van der Waals surface area contributed by atoms with Crippen molar-refractivity contribution in [2.24, 2.45) is 0 Å². The van der Waals surface area contributed by atoms with Crippen molar-refractivity contribution in [1.29, 1.82) is 0 Å². The van der Waals surface area contributed by atoms with Crippen LogP contribution < -0.4 is 10.1 Å². The summed E-state index contributed by atoms with van der Waals surface area (Å²) in [6, 6.07) is 13.7. The number of carbonyl (C=O) groups excluding carboxylic acids is 1. The second kappa shape index (κ2) is 9.21. The second-order valence-corrected chi connectivity index (χ2v) is 8.77. The number of hydrogen-bond acceptors (Lipinski definition) is 5. The third-order valence-electron chi connectivity index (χ3n) is 4.72. The Morgan fingerprint density at radius 1 is 1.07 bits per heavy atom. The van der Waals surface area contributed by atoms with Gasteiger partial charge in [-0.15, -0.1) is 0 Å². The summed E-state index contributed by atoms with van der Waals surface area (Å²) in [7, 11) is -0.0298. The standard InChI is InChI=1S/C21H25N3O4S/c1-23-11-13-24(14-12-23)29(26,27)20-8-4-6-18(16-20)22-21(25)10-9-17-5-3-7-19(15-17)28-2/h3-10,15-16H,11-14H2,1-2H3,(H,22,25)/b10-9+. The van der Waals surface area contributed by atoms with Crippen LogP contribution in [0.15, 0.2) is 59.5 Å². The fourth-order valence-corrected chi connectivity index (χ4v) is 4.48. The van der Waals surface area contributed by atoms with Crippen LogP contribution in [0.3, 0.4) is 0 Å². The molecule has 7 nitrogen and oxygen atoms in total. The maximum atomic E-state index is 12.9. The van der Waals surface area contributed by atoms with Gasteiger partial charge < -0.3 is 15.0 Å². The fraction of sp³-hybridized carbons (Fsp3) is 0.286. The molecule has 1 aliphatic rings. The predicted octanol–water partition coefficient (Wildman–Crippen LogP) is 2.28. The van der Waals surface area contributed by atoms with Gasteiger partial charge in [0.2, 0.25) is 15.9 Å². The molecule has 3 rings (SSSR count). The molecule has 0 unspecified atom stereocenters. The highest BCUT2D eigenvalue weighted by Crippen LogP contribution is 2.21. The first-order valence-electron chi connectivity index (χ1n) is 9.30. The summed E-state index contributed by atoms with van der Waals surface area (Å²) in [6.45, 7) is 2.31. The van der Waals surface area contributed by atoms with E-state index in [2.05, 4.69) is 10.2 Å². The third-order valence-corrected chi connectivity index (χ3v) is 6.62. The van der Waals surface area contributed by atoms with Crippen molar-refractivity contribution in [3.8, 4) is 5.75 Å². The number of nitrogens with one attached hydrogen (secondary N) is 1. The summed E-state index contributed by atoms with van der Waals surface area (Å²) >= 11 is 0. The number of carbonyl (C=O) groups is 1. The molecule has 0 aliphatic carbocycles. The van der Waals surface area contributed by atoms with Gasteiger partial charge in [0.1, 0.15) is 5.75 Å². The summed E-state index contributed by atoms with van der Waals surface area (Å²) in [5, 5.41) is 2.72. The van der Waals surface area contributed by atoms with Gasteiger partial charge in [-0.2, -0.15) is 4.31 Å². The molecule has 1 saturated heterocycles. The lowest BCUT2D eigenvalue weighted by molar-refractivity contribution is -0.111. The monoisotopic (exact) mass is 415 g/mol. The Morgan fingerprint density at radius 2 is 1.79 bits per heavy atom. The molecule has 8 heteroatoms. The molecule has 0 spiro atoms. The number of hydrogen-bond donors (Lipinski definition) is 1. The maximum Gasteiger partial charge on any atom is 0.248 e. The molecule has 1 N–H and O–H groups in total. The molecule has 1 heterocycles. The molecule has 0 saturated carbocycles. The number of anilines is 1. The molecular formula is C21H25N3O4S. The van der Waals surface area contributed by atoms with Crippen molar-refractivity contribution in [3.63, 3.8) is 0 Å². The van der Waals surface area contributed by atoms with Gasteiger partial charge in [-0.05, 0) is 49.0 Å². The SMILES string of the molecule is COc1cccc(/C=C/C(=O)Nc2cccc(S(=O)(=O)N3CCN(C)CC3)c2)c1. The molecule has 0 atom stereocenters. The van der Waals surface area contributed by atoms with Crippen molar-refractivity contribution in [2.45, 2.75) is 4.90 Å². The number of likely N-dealkylation sites (N-methyl/N-ethyl adjacent to an activating group) is 1. The van der Waals surface area contributed by atoms with Crippen molar-refractivity contribution >= 4 is 27.7 Å². The van der Waals surface area contributed by atoms with E-state index in [0.29, 0.717) is 37.6 Å². The second-order valence-electron chi connectivity index (χ2n) is 6.83. The van der Waals surface area contributed by atoms with Crippen LogP contribution >= 0.6 is 0 Å². The van der Waals surface area contributed by atoms with Gasteiger partial charge in [-0.3, -0.25) is 4.79 Å². The van der Waals surface area contributed by atoms with Crippen molar-refractivity contribution in [1.82, 2.24) is 9.21 Å². The summed E-state index contributed by atoms with van der Waals surface area (Å²) in [5.74, 6) is 0.358. The van der Waals surface area contributed by atoms with E-state index in [9.17, 15) is 13.2 Å². The number of amides is 1. The number of rotatable bonds is 6. The van der Waals surface area contributed by atoms with Crippen molar-refractivity contribution in [3.05, 3.63) is 60.2 Å². The summed E-state index contributed by atoms with van der Waals surface area (Å²) < 4.78 is 32.4. The van der Waals surface area contributed by atoms with Crippen molar-refractivity contribution < 1.29 is 17.9 Å². The first-order chi connectivity index (χ1) is 13.9. The minimum Gasteiger partial charge on any atom is -0.497 e. The Labute approximate surface area is 171 Å². The van der Waals surface area contributed by atoms with Gasteiger partial charge in [0.25, 0.3) is 0 Å². The smallest absolute Gasteiger partial charge is 0.248 e. The maximum absolute atomic E-state index is 12.9. The van der Waals surface area contributed by atoms with Crippen molar-refractivity contribution in [2.75, 3.05) is 45.7 Å². The van der Waals surface area contributed by atoms with E-state index < -0.39 is 10.0 Å². The highest BCUT2D eigenvalue weighted by molar-refractivity contribution is 7.89. The summed E-state index contributed by atoms with van der Waals surface area (Å²) in [4.78, 5) is 14.5. The fourth-order valence-electron chi connectivity index (χ4n) is 3.01. The van der Waals surface area contributed by atoms with E-state index in [1.807, 2.05) is 31.3 Å². The summed E-state index contributed by atoms with van der Waals surface area (Å²) in [6.07, 6.45) is 3.07. The zero-order chi connectivity index (χ0) is 20.9. The molecule has 154 valence electrons. The van der Waals surface area contributed by atoms with Gasteiger partial charge in [0, 0.05) is 37.9 Å². The van der Waals surface area contributed by atoms with Crippen LogP contribution in [0, 0.1) is 0 Å². The summed E-state index contributed by atoms with van der Waals surface area (Å²) in [5.41, 5.74) is 1.26. The number of benzene rings is 2. The van der Waals surface area contributed by atoms with Gasteiger partial charge in [0.05, 0.1) is 12.0 Å². The topological polar surface area (TPSA) is 78.9 Å². The van der Waals surface area contributed by atoms with E-state index in [4.69, 9.17) is 4.74 Å². The molecular weight excluding hydrogens is 390 g/mol. The molecule has 0 bridgehead atoms. The van der Waals surface area contributed by atoms with E-state index in [0.717, 1.165) is 5.56 Å². The molecule has 2 aromatic carbocycles. The van der Waals surface area contributed by atoms with Gasteiger partial charge in [0.15, 0.2) is 0 Å². The van der Waals surface area contributed by atoms with Gasteiger partial charge >= 0.3 is 0 Å². The lowest BCUT2D eigenvalue weighted by Gasteiger charge is -2.31. The molecule has 0 radical (unpaired) electrons. The van der Waals surface area contributed by atoms with Crippen LogP contribution in [0.2, 0.25) is 0 Å². The Hall–Kier alpha value is -2.68. The molecule has 0 aromatic heterocycles. The molecule has 1 amide bonds. The van der Waals surface area contributed by atoms with Crippen LogP contribution in [-0.4, -0.2) is 63.9 Å². The normalized spacial score (nSPS) is 16.1. The average Bonchev–Trinajstić information content (AvgIpc) is 2.73. The van der Waals surface area contributed by atoms with Crippen LogP contribution in [0.25, 0.3) is 6.08 Å². The largest absolute Gasteiger partial charge is 0.497 e. The van der Waals surface area contributed by atoms with Crippen LogP contribution in [0.1, 0.15) is 5.56 Å². The Bertz CT molecular complexity index is 996. The van der Waals surface area contributed by atoms with Crippen LogP contribution in [0.5, 0.6) is 5.75 Å². The molecule has 29 heavy (non-hydrogen) atoms. The Balaban J connectivity index is 1.69. The molecule has 2 aromatic rings. The Morgan fingerprint density at radius 3 is 2.52 bits per heavy atom. The first kappa shape index (κ1) is 21.0. The van der Waals surface area contributed by atoms with E-state index in [1.165, 1.54) is 16.4 Å². The number of methoxy groups -OCH3 is 1. The van der Waals surface area contributed by atoms with E-state index in [-0.39, 0.29) is 10.8 Å². The lowest BCUT2D eigenvalue weighted by atomic mass is 10.2. The third kappa shape index (κ3) is 5.44. The average molecular weight is 416 g/mol. The van der Waals surface area contributed by atoms with Crippen LogP contribution in [0.4, 0.5) is 5.69 Å². The highest BCUT2D eigenvalue weighted by atomic mass is 32.2. The number of sulfonamides is 1. The lowest BCUT2D eigenvalue weighted by Crippen LogP contribution is -2.47. The zero-order valence-electron chi connectivity index (χ0n) is 16.5. The van der Waals surface area contributed by atoms with E-state index >= 15 is 0 Å². The minimum atomic E-state index is -3.58. The first-order valence-corrected chi connectivity index (χ1v) is 10.7. The highest BCUT2D eigenvalue weighted by Gasteiger charge is 2.27. The zero-order valence-corrected chi connectivity index (χ0v) is 17.4. The number of piperazine rings is 1. The molecule has 1 aliphatic heterocycles. The van der Waals surface area contributed by atoms with Gasteiger partial charge in [-0.25, -0.2) is 8.42 Å². The van der Waals surface area contributed by atoms with Crippen LogP contribution in [-0.2, 0) is 14.8 Å². The number of ether oxygens (including phenoxy) is 1. The minimum absolute atomic E-state index is 0.177. The van der Waals surface area contributed by atoms with E-state index in [1.54, 1.807) is 31.4 Å².